The molecule has 2 unspecified atom stereocenters. The van der Waals surface area contributed by atoms with Gasteiger partial charge in [-0.1, -0.05) is 12.8 Å². The Labute approximate surface area is 114 Å². The van der Waals surface area contributed by atoms with Gasteiger partial charge in [-0.3, -0.25) is 4.98 Å². The predicted octanol–water partition coefficient (Wildman–Crippen LogP) is 1.25. The van der Waals surface area contributed by atoms with E-state index >= 15 is 0 Å². The molecule has 0 aromatic carbocycles. The van der Waals surface area contributed by atoms with E-state index in [0.717, 1.165) is 25.7 Å². The molecule has 0 saturated heterocycles. The van der Waals surface area contributed by atoms with Crippen LogP contribution in [0.25, 0.3) is 0 Å². The fourth-order valence-corrected chi connectivity index (χ4v) is 3.70. The van der Waals surface area contributed by atoms with E-state index in [0.29, 0.717) is 6.54 Å². The molecule has 1 saturated carbocycles. The number of hydrogen-bond donors (Lipinski definition) is 1. The molecule has 2 atom stereocenters. The van der Waals surface area contributed by atoms with Gasteiger partial charge in [0.15, 0.2) is 0 Å². The lowest BCUT2D eigenvalue weighted by molar-refractivity contribution is 0.0620. The van der Waals surface area contributed by atoms with Gasteiger partial charge in [0.1, 0.15) is 4.90 Å². The van der Waals surface area contributed by atoms with E-state index in [1.807, 2.05) is 0 Å². The fraction of sp³-hybridized carbons (Fsp3) is 0.615. The maximum absolute atomic E-state index is 12.3. The van der Waals surface area contributed by atoms with Crippen molar-refractivity contribution in [2.45, 2.75) is 36.7 Å². The molecule has 0 aliphatic heterocycles. The molecule has 106 valence electrons. The Hall–Kier alpha value is -0.980. The molecular formula is C13H20N2O3S. The van der Waals surface area contributed by atoms with E-state index in [9.17, 15) is 13.5 Å². The Morgan fingerprint density at radius 3 is 2.79 bits per heavy atom. The minimum atomic E-state index is -3.50. The van der Waals surface area contributed by atoms with Crippen molar-refractivity contribution in [3.05, 3.63) is 24.5 Å². The summed E-state index contributed by atoms with van der Waals surface area (Å²) < 4.78 is 26.0. The summed E-state index contributed by atoms with van der Waals surface area (Å²) in [7, 11) is -1.94. The molecule has 2 rings (SSSR count). The monoisotopic (exact) mass is 284 g/mol. The molecule has 1 aromatic heterocycles. The zero-order valence-electron chi connectivity index (χ0n) is 11.1. The van der Waals surface area contributed by atoms with Crippen molar-refractivity contribution in [3.63, 3.8) is 0 Å². The average molecular weight is 284 g/mol. The van der Waals surface area contributed by atoms with Crippen LogP contribution in [0.4, 0.5) is 0 Å². The molecule has 0 bridgehead atoms. The largest absolute Gasteiger partial charge is 0.393 e. The van der Waals surface area contributed by atoms with Crippen LogP contribution in [0.3, 0.4) is 0 Å². The van der Waals surface area contributed by atoms with Crippen molar-refractivity contribution < 1.29 is 13.5 Å². The molecule has 1 fully saturated rings. The van der Waals surface area contributed by atoms with Gasteiger partial charge in [0, 0.05) is 26.0 Å². The molecule has 6 heteroatoms. The maximum Gasteiger partial charge on any atom is 0.244 e. The number of aliphatic hydroxyl groups excluding tert-OH is 1. The SMILES string of the molecule is CN(CC1CCCCC1O)S(=O)(=O)c1cccnc1. The van der Waals surface area contributed by atoms with E-state index < -0.39 is 10.0 Å². The predicted molar refractivity (Wildman–Crippen MR) is 72.0 cm³/mol. The van der Waals surface area contributed by atoms with Gasteiger partial charge >= 0.3 is 0 Å². The second-order valence-corrected chi connectivity index (χ2v) is 7.13. The standard InChI is InChI=1S/C13H20N2O3S/c1-15(10-11-5-2-3-7-13(11)16)19(17,18)12-6-4-8-14-9-12/h4,6,8-9,11,13,16H,2-3,5,7,10H2,1H3. The highest BCUT2D eigenvalue weighted by Gasteiger charge is 2.29. The lowest BCUT2D eigenvalue weighted by Gasteiger charge is -2.30. The summed E-state index contributed by atoms with van der Waals surface area (Å²) in [6.07, 6.45) is 6.24. The number of pyridine rings is 1. The van der Waals surface area contributed by atoms with E-state index in [-0.39, 0.29) is 16.9 Å². The van der Waals surface area contributed by atoms with Crippen LogP contribution in [0.15, 0.2) is 29.4 Å². The third-order valence-electron chi connectivity index (χ3n) is 3.70. The van der Waals surface area contributed by atoms with Gasteiger partial charge in [0.05, 0.1) is 6.10 Å². The van der Waals surface area contributed by atoms with Gasteiger partial charge in [-0.15, -0.1) is 0 Å². The van der Waals surface area contributed by atoms with E-state index in [4.69, 9.17) is 0 Å². The molecule has 0 amide bonds. The first-order valence-electron chi connectivity index (χ1n) is 6.56. The van der Waals surface area contributed by atoms with Gasteiger partial charge in [0.25, 0.3) is 0 Å². The molecule has 1 aliphatic rings. The summed E-state index contributed by atoms with van der Waals surface area (Å²) in [6, 6.07) is 3.15. The van der Waals surface area contributed by atoms with Crippen molar-refractivity contribution in [1.82, 2.24) is 9.29 Å². The number of hydrogen-bond acceptors (Lipinski definition) is 4. The Morgan fingerprint density at radius 1 is 1.42 bits per heavy atom. The zero-order chi connectivity index (χ0) is 13.9. The summed E-state index contributed by atoms with van der Waals surface area (Å²) in [5.74, 6) is 0.0326. The van der Waals surface area contributed by atoms with Gasteiger partial charge in [-0.2, -0.15) is 0 Å². The smallest absolute Gasteiger partial charge is 0.244 e. The molecule has 1 aromatic rings. The third kappa shape index (κ3) is 3.32. The summed E-state index contributed by atoms with van der Waals surface area (Å²) in [6.45, 7) is 0.360. The molecular weight excluding hydrogens is 264 g/mol. The number of sulfonamides is 1. The van der Waals surface area contributed by atoms with Gasteiger partial charge in [-0.25, -0.2) is 12.7 Å². The topological polar surface area (TPSA) is 70.5 Å². The lowest BCUT2D eigenvalue weighted by Crippen LogP contribution is -2.38. The van der Waals surface area contributed by atoms with Crippen molar-refractivity contribution in [2.75, 3.05) is 13.6 Å². The minimum absolute atomic E-state index is 0.0326. The van der Waals surface area contributed by atoms with Gasteiger partial charge in [-0.05, 0) is 30.9 Å². The Bertz CT molecular complexity index is 504. The highest BCUT2D eigenvalue weighted by atomic mass is 32.2. The average Bonchev–Trinajstić information content (AvgIpc) is 2.42. The van der Waals surface area contributed by atoms with Crippen LogP contribution < -0.4 is 0 Å². The number of aliphatic hydroxyl groups is 1. The van der Waals surface area contributed by atoms with Crippen LogP contribution in [0, 0.1) is 5.92 Å². The lowest BCUT2D eigenvalue weighted by atomic mass is 9.86. The summed E-state index contributed by atoms with van der Waals surface area (Å²) in [5.41, 5.74) is 0. The van der Waals surface area contributed by atoms with Crippen molar-refractivity contribution in [1.29, 1.82) is 0 Å². The first kappa shape index (κ1) is 14.4. The zero-order valence-corrected chi connectivity index (χ0v) is 11.9. The summed E-state index contributed by atoms with van der Waals surface area (Å²) >= 11 is 0. The van der Waals surface area contributed by atoms with Gasteiger partial charge < -0.3 is 5.11 Å². The van der Waals surface area contributed by atoms with E-state index in [1.54, 1.807) is 19.3 Å². The number of nitrogens with zero attached hydrogens (tertiary/aromatic N) is 2. The Kier molecular flexibility index (Phi) is 4.54. The molecule has 1 heterocycles. The van der Waals surface area contributed by atoms with Crippen molar-refractivity contribution >= 4 is 10.0 Å². The van der Waals surface area contributed by atoms with Crippen LogP contribution in [-0.2, 0) is 10.0 Å². The first-order valence-corrected chi connectivity index (χ1v) is 8.00. The highest BCUT2D eigenvalue weighted by Crippen LogP contribution is 2.26. The normalized spacial score (nSPS) is 24.6. The van der Waals surface area contributed by atoms with Gasteiger partial charge in [0.2, 0.25) is 10.0 Å². The van der Waals surface area contributed by atoms with Crippen molar-refractivity contribution in [3.8, 4) is 0 Å². The highest BCUT2D eigenvalue weighted by molar-refractivity contribution is 7.89. The molecule has 0 spiro atoms. The Balaban J connectivity index is 2.09. The van der Waals surface area contributed by atoms with Crippen LogP contribution in [0.1, 0.15) is 25.7 Å². The second-order valence-electron chi connectivity index (χ2n) is 5.09. The van der Waals surface area contributed by atoms with E-state index in [1.165, 1.54) is 16.6 Å². The summed E-state index contributed by atoms with van der Waals surface area (Å²) in [5, 5.41) is 9.92. The summed E-state index contributed by atoms with van der Waals surface area (Å²) in [4.78, 5) is 4.04. The Morgan fingerprint density at radius 2 is 2.16 bits per heavy atom. The van der Waals surface area contributed by atoms with E-state index in [2.05, 4.69) is 4.98 Å². The molecule has 0 radical (unpaired) electrons. The second kappa shape index (κ2) is 5.98. The van der Waals surface area contributed by atoms with Crippen LogP contribution in [-0.4, -0.2) is 42.5 Å². The van der Waals surface area contributed by atoms with Crippen LogP contribution in [0.2, 0.25) is 0 Å². The van der Waals surface area contributed by atoms with Crippen LogP contribution in [0.5, 0.6) is 0 Å². The third-order valence-corrected chi connectivity index (χ3v) is 5.51. The van der Waals surface area contributed by atoms with Crippen LogP contribution >= 0.6 is 0 Å². The molecule has 1 N–H and O–H groups in total. The number of aromatic nitrogens is 1. The fourth-order valence-electron chi connectivity index (χ4n) is 2.51. The minimum Gasteiger partial charge on any atom is -0.393 e. The number of rotatable bonds is 4. The molecule has 19 heavy (non-hydrogen) atoms. The maximum atomic E-state index is 12.3. The molecule has 1 aliphatic carbocycles. The first-order chi connectivity index (χ1) is 9.01. The quantitative estimate of drug-likeness (QED) is 0.903. The molecule has 5 nitrogen and oxygen atoms in total. The van der Waals surface area contributed by atoms with Crippen molar-refractivity contribution in [2.24, 2.45) is 5.92 Å².